The maximum absolute atomic E-state index is 13.0. The molecule has 0 saturated carbocycles. The Labute approximate surface area is 184 Å². The number of carboxylic acid groups (broad SMARTS) is 1. The molecule has 0 amide bonds. The maximum atomic E-state index is 13.0. The van der Waals surface area contributed by atoms with Gasteiger partial charge in [-0.25, -0.2) is 4.79 Å². The summed E-state index contributed by atoms with van der Waals surface area (Å²) in [4.78, 5) is 37.0. The normalized spacial score (nSPS) is 19.7. The van der Waals surface area contributed by atoms with Crippen LogP contribution in [0.1, 0.15) is 50.0 Å². The van der Waals surface area contributed by atoms with E-state index < -0.39 is 18.5 Å². The zero-order valence-electron chi connectivity index (χ0n) is 15.5. The summed E-state index contributed by atoms with van der Waals surface area (Å²) < 4.78 is 6.93. The molecule has 2 aliphatic carbocycles. The molecule has 152 valence electrons. The van der Waals surface area contributed by atoms with Crippen LogP contribution in [0.5, 0.6) is 5.75 Å². The fourth-order valence-electron chi connectivity index (χ4n) is 4.38. The third kappa shape index (κ3) is 3.80. The molecule has 29 heavy (non-hydrogen) atoms. The summed E-state index contributed by atoms with van der Waals surface area (Å²) in [5, 5.41) is 12.5. The second-order valence-electron chi connectivity index (χ2n) is 7.38. The average molecular weight is 525 g/mol. The molecule has 4 rings (SSSR count). The number of nitrogens with one attached hydrogen (secondary N) is 1. The van der Waals surface area contributed by atoms with E-state index in [1.807, 2.05) is 6.07 Å². The summed E-state index contributed by atoms with van der Waals surface area (Å²) in [5.74, 6) is -1.27. The quantitative estimate of drug-likeness (QED) is 0.607. The number of benzene rings is 1. The highest BCUT2D eigenvalue weighted by molar-refractivity contribution is 9.11. The standard InChI is InChI=1S/C21H19Br2NO5/c22-10-7-11(21(12(23)8-10)29-9-17(27)28)18-19-13(3-1-5-15(19)25)24-14-4-2-6-16(26)20(14)18/h7-8,18,24H,1-6,9H2,(H,27,28). The van der Waals surface area contributed by atoms with Crippen molar-refractivity contribution in [2.24, 2.45) is 0 Å². The topological polar surface area (TPSA) is 92.7 Å². The Balaban J connectivity index is 1.94. The molecule has 1 aromatic carbocycles. The van der Waals surface area contributed by atoms with Gasteiger partial charge in [0, 0.05) is 51.3 Å². The van der Waals surface area contributed by atoms with Crippen molar-refractivity contribution in [2.75, 3.05) is 6.61 Å². The molecule has 8 heteroatoms. The molecule has 0 spiro atoms. The molecule has 0 atom stereocenters. The van der Waals surface area contributed by atoms with Gasteiger partial charge in [-0.05, 0) is 53.7 Å². The number of hydrogen-bond donors (Lipinski definition) is 2. The summed E-state index contributed by atoms with van der Waals surface area (Å²) in [7, 11) is 0. The van der Waals surface area contributed by atoms with Crippen molar-refractivity contribution < 1.29 is 24.2 Å². The van der Waals surface area contributed by atoms with E-state index in [9.17, 15) is 14.4 Å². The van der Waals surface area contributed by atoms with Gasteiger partial charge in [-0.1, -0.05) is 15.9 Å². The number of carboxylic acids is 1. The van der Waals surface area contributed by atoms with Crippen molar-refractivity contribution in [3.05, 3.63) is 49.2 Å². The van der Waals surface area contributed by atoms with E-state index in [0.717, 1.165) is 41.6 Å². The largest absolute Gasteiger partial charge is 0.480 e. The van der Waals surface area contributed by atoms with Crippen LogP contribution in [0.3, 0.4) is 0 Å². The number of allylic oxidation sites excluding steroid dienone is 4. The maximum Gasteiger partial charge on any atom is 0.341 e. The van der Waals surface area contributed by atoms with E-state index in [1.54, 1.807) is 6.07 Å². The van der Waals surface area contributed by atoms with Crippen LogP contribution < -0.4 is 10.1 Å². The molecule has 1 aliphatic heterocycles. The molecule has 0 unspecified atom stereocenters. The Morgan fingerprint density at radius 1 is 1.03 bits per heavy atom. The van der Waals surface area contributed by atoms with Crippen molar-refractivity contribution in [3.8, 4) is 5.75 Å². The Morgan fingerprint density at radius 2 is 1.62 bits per heavy atom. The highest BCUT2D eigenvalue weighted by atomic mass is 79.9. The van der Waals surface area contributed by atoms with Crippen LogP contribution in [-0.4, -0.2) is 29.2 Å². The second kappa shape index (κ2) is 8.07. The third-order valence-electron chi connectivity index (χ3n) is 5.48. The summed E-state index contributed by atoms with van der Waals surface area (Å²) in [6.45, 7) is -0.516. The average Bonchev–Trinajstić information content (AvgIpc) is 2.65. The van der Waals surface area contributed by atoms with Gasteiger partial charge in [0.1, 0.15) is 5.75 Å². The minimum absolute atomic E-state index is 0.0222. The van der Waals surface area contributed by atoms with Gasteiger partial charge in [0.05, 0.1) is 4.47 Å². The van der Waals surface area contributed by atoms with Gasteiger partial charge < -0.3 is 15.2 Å². The molecule has 2 N–H and O–H groups in total. The van der Waals surface area contributed by atoms with Crippen molar-refractivity contribution in [1.82, 2.24) is 5.32 Å². The first-order chi connectivity index (χ1) is 13.9. The minimum Gasteiger partial charge on any atom is -0.480 e. The molecule has 0 saturated heterocycles. The molecule has 0 aromatic heterocycles. The van der Waals surface area contributed by atoms with Crippen LogP contribution >= 0.6 is 31.9 Å². The first kappa shape index (κ1) is 20.3. The lowest BCUT2D eigenvalue weighted by Gasteiger charge is -2.37. The molecule has 0 radical (unpaired) electrons. The number of carbonyl (C=O) groups is 3. The van der Waals surface area contributed by atoms with Crippen LogP contribution in [0.25, 0.3) is 0 Å². The molecule has 0 bridgehead atoms. The van der Waals surface area contributed by atoms with Gasteiger partial charge in [-0.15, -0.1) is 0 Å². The van der Waals surface area contributed by atoms with Gasteiger partial charge >= 0.3 is 5.97 Å². The van der Waals surface area contributed by atoms with Gasteiger partial charge in [-0.2, -0.15) is 0 Å². The smallest absolute Gasteiger partial charge is 0.341 e. The van der Waals surface area contributed by atoms with Crippen LogP contribution in [0.2, 0.25) is 0 Å². The second-order valence-corrected chi connectivity index (χ2v) is 9.15. The number of aliphatic carboxylic acids is 1. The van der Waals surface area contributed by atoms with Crippen molar-refractivity contribution in [2.45, 2.75) is 44.4 Å². The fourth-order valence-corrected chi connectivity index (χ4v) is 5.75. The number of halogens is 2. The fraction of sp³-hybridized carbons (Fsp3) is 0.381. The number of ether oxygens (including phenoxy) is 1. The SMILES string of the molecule is O=C(O)COc1c(Br)cc(Br)cc1C1C2=C(CCCC2=O)NC2=C1C(=O)CCC2. The molecule has 1 aromatic rings. The third-order valence-corrected chi connectivity index (χ3v) is 6.53. The zero-order valence-corrected chi connectivity index (χ0v) is 18.7. The highest BCUT2D eigenvalue weighted by Gasteiger charge is 2.41. The van der Waals surface area contributed by atoms with Crippen molar-refractivity contribution >= 4 is 49.4 Å². The van der Waals surface area contributed by atoms with E-state index in [1.165, 1.54) is 0 Å². The monoisotopic (exact) mass is 523 g/mol. The Kier molecular flexibility index (Phi) is 5.66. The first-order valence-corrected chi connectivity index (χ1v) is 11.1. The summed E-state index contributed by atoms with van der Waals surface area (Å²) in [6.07, 6.45) is 3.94. The van der Waals surface area contributed by atoms with E-state index in [0.29, 0.717) is 39.8 Å². The predicted octanol–water partition coefficient (Wildman–Crippen LogP) is 4.38. The molecule has 6 nitrogen and oxygen atoms in total. The number of dihydropyridines is 1. The Bertz CT molecular complexity index is 953. The summed E-state index contributed by atoms with van der Waals surface area (Å²) >= 11 is 6.94. The molecule has 1 heterocycles. The predicted molar refractivity (Wildman–Crippen MR) is 113 cm³/mol. The van der Waals surface area contributed by atoms with E-state index in [2.05, 4.69) is 37.2 Å². The van der Waals surface area contributed by atoms with Crippen molar-refractivity contribution in [1.29, 1.82) is 0 Å². The Morgan fingerprint density at radius 3 is 2.17 bits per heavy atom. The minimum atomic E-state index is -1.10. The number of Topliss-reactive ketones (excluding diaryl/α,β-unsaturated/α-hetero) is 2. The Hall–Kier alpha value is -1.93. The van der Waals surface area contributed by atoms with Crippen LogP contribution in [0, 0.1) is 0 Å². The lowest BCUT2D eigenvalue weighted by Crippen LogP contribution is -2.36. The molecule has 3 aliphatic rings. The first-order valence-electron chi connectivity index (χ1n) is 9.50. The lowest BCUT2D eigenvalue weighted by atomic mass is 9.71. The van der Waals surface area contributed by atoms with Gasteiger partial charge in [-0.3, -0.25) is 9.59 Å². The number of hydrogen-bond acceptors (Lipinski definition) is 5. The van der Waals surface area contributed by atoms with E-state index in [4.69, 9.17) is 9.84 Å². The summed E-state index contributed by atoms with van der Waals surface area (Å²) in [5.41, 5.74) is 3.59. The van der Waals surface area contributed by atoms with Gasteiger partial charge in [0.2, 0.25) is 0 Å². The molecule has 0 fully saturated rings. The highest BCUT2D eigenvalue weighted by Crippen LogP contribution is 2.49. The van der Waals surface area contributed by atoms with E-state index >= 15 is 0 Å². The number of carbonyl (C=O) groups excluding carboxylic acids is 2. The summed E-state index contributed by atoms with van der Waals surface area (Å²) in [6, 6.07) is 3.58. The van der Waals surface area contributed by atoms with Crippen LogP contribution in [0.4, 0.5) is 0 Å². The van der Waals surface area contributed by atoms with Crippen LogP contribution in [0.15, 0.2) is 43.6 Å². The van der Waals surface area contributed by atoms with Gasteiger partial charge in [0.25, 0.3) is 0 Å². The van der Waals surface area contributed by atoms with Gasteiger partial charge in [0.15, 0.2) is 18.2 Å². The number of ketones is 2. The van der Waals surface area contributed by atoms with Crippen molar-refractivity contribution in [3.63, 3.8) is 0 Å². The molecular weight excluding hydrogens is 506 g/mol. The number of rotatable bonds is 4. The zero-order chi connectivity index (χ0) is 20.7. The molecular formula is C21H19Br2NO5. The van der Waals surface area contributed by atoms with E-state index in [-0.39, 0.29) is 11.6 Å². The lowest BCUT2D eigenvalue weighted by molar-refractivity contribution is -0.139. The van der Waals surface area contributed by atoms with Crippen LogP contribution in [-0.2, 0) is 14.4 Å².